The van der Waals surface area contributed by atoms with E-state index >= 15 is 0 Å². The van der Waals surface area contributed by atoms with Crippen molar-refractivity contribution in [2.75, 3.05) is 20.2 Å². The fourth-order valence-corrected chi connectivity index (χ4v) is 5.32. The van der Waals surface area contributed by atoms with Gasteiger partial charge in [-0.25, -0.2) is 4.79 Å². The number of allylic oxidation sites excluding steroid dienone is 1. The van der Waals surface area contributed by atoms with E-state index in [0.29, 0.717) is 24.4 Å². The monoisotopic (exact) mass is 560 g/mol. The molecule has 0 radical (unpaired) electrons. The van der Waals surface area contributed by atoms with Crippen molar-refractivity contribution in [1.82, 2.24) is 19.8 Å². The molecule has 1 saturated heterocycles. The highest BCUT2D eigenvalue weighted by Crippen LogP contribution is 2.22. The average Bonchev–Trinajstić information content (AvgIpc) is 3.63. The lowest BCUT2D eigenvalue weighted by Crippen LogP contribution is -2.42. The second-order valence-corrected chi connectivity index (χ2v) is 11.1. The molecule has 1 aliphatic heterocycles. The van der Waals surface area contributed by atoms with Gasteiger partial charge in [-0.2, -0.15) is 0 Å². The first kappa shape index (κ1) is 29.8. The molecule has 4 rings (SSSR count). The summed E-state index contributed by atoms with van der Waals surface area (Å²) in [4.78, 5) is 56.0. The van der Waals surface area contributed by atoms with Crippen LogP contribution in [0.2, 0.25) is 0 Å². The Morgan fingerprint density at radius 3 is 2.59 bits per heavy atom. The molecule has 2 amide bonds. The number of H-pyrrole nitrogens is 1. The van der Waals surface area contributed by atoms with E-state index < -0.39 is 12.1 Å². The van der Waals surface area contributed by atoms with Crippen LogP contribution in [0.25, 0.3) is 10.9 Å². The first-order valence-electron chi connectivity index (χ1n) is 14.4. The van der Waals surface area contributed by atoms with Crippen molar-refractivity contribution in [3.05, 3.63) is 81.9 Å². The number of nitrogens with zero attached hydrogens (tertiary/aromatic N) is 2. The lowest BCUT2D eigenvalue weighted by atomic mass is 10.0. The number of carbonyl (C=O) groups excluding carboxylic acids is 3. The second kappa shape index (κ2) is 14.0. The summed E-state index contributed by atoms with van der Waals surface area (Å²) in [7, 11) is 1.23. The Morgan fingerprint density at radius 2 is 1.85 bits per heavy atom. The zero-order chi connectivity index (χ0) is 29.4. The SMILES string of the molecule is COC(=O)N[C@@H](CC/C=C/C(=O)N1CCCC1)C(=O)Cc1cccn(Cc2cc3cccc(CC(C)C)c3[nH]2)c1=O. The Morgan fingerprint density at radius 1 is 1.10 bits per heavy atom. The van der Waals surface area contributed by atoms with Crippen LogP contribution in [0.15, 0.2) is 59.5 Å². The number of para-hydroxylation sites is 1. The van der Waals surface area contributed by atoms with Crippen LogP contribution >= 0.6 is 0 Å². The molecule has 0 unspecified atom stereocenters. The molecule has 9 heteroatoms. The lowest BCUT2D eigenvalue weighted by molar-refractivity contribution is -0.125. The van der Waals surface area contributed by atoms with Crippen molar-refractivity contribution in [3.63, 3.8) is 0 Å². The largest absolute Gasteiger partial charge is 0.453 e. The minimum Gasteiger partial charge on any atom is -0.453 e. The molecule has 1 aromatic carbocycles. The number of carbonyl (C=O) groups is 3. The van der Waals surface area contributed by atoms with E-state index in [1.54, 1.807) is 33.9 Å². The number of likely N-dealkylation sites (tertiary alicyclic amines) is 1. The molecule has 1 fully saturated rings. The normalized spacial score (nSPS) is 14.2. The van der Waals surface area contributed by atoms with Gasteiger partial charge in [0.15, 0.2) is 5.78 Å². The molecule has 0 bridgehead atoms. The summed E-state index contributed by atoms with van der Waals surface area (Å²) in [6.45, 7) is 6.25. The highest BCUT2D eigenvalue weighted by molar-refractivity contribution is 5.89. The molecule has 3 aromatic rings. The molecular weight excluding hydrogens is 520 g/mol. The lowest BCUT2D eigenvalue weighted by Gasteiger charge is -2.16. The van der Waals surface area contributed by atoms with Crippen LogP contribution in [0, 0.1) is 5.92 Å². The van der Waals surface area contributed by atoms with Crippen LogP contribution in [0.4, 0.5) is 4.79 Å². The Kier molecular flexibility index (Phi) is 10.2. The van der Waals surface area contributed by atoms with Gasteiger partial charge < -0.3 is 24.5 Å². The maximum Gasteiger partial charge on any atom is 0.407 e. The summed E-state index contributed by atoms with van der Waals surface area (Å²) in [6, 6.07) is 10.8. The third-order valence-corrected chi connectivity index (χ3v) is 7.40. The minimum atomic E-state index is -0.852. The number of ether oxygens (including phenoxy) is 1. The molecule has 1 aliphatic rings. The standard InChI is InChI=1S/C32H40N4O5/c1-22(2)18-23-10-8-11-24-19-26(33-30(23)24)21-36-17-9-12-25(31(36)39)20-28(37)27(34-32(40)41-3)13-4-5-14-29(38)35-15-6-7-16-35/h5,8-12,14,17,19,22,27,33H,4,6-7,13,15-16,18,20-21H2,1-3H3,(H,34,40)/b14-5+/t27-/m0/s1. The fraction of sp³-hybridized carbons (Fsp3) is 0.438. The van der Waals surface area contributed by atoms with Gasteiger partial charge in [0, 0.05) is 42.5 Å². The predicted molar refractivity (Wildman–Crippen MR) is 159 cm³/mol. The number of nitrogens with one attached hydrogen (secondary N) is 2. The topological polar surface area (TPSA) is 114 Å². The quantitative estimate of drug-likeness (QED) is 0.320. The number of aromatic nitrogens is 2. The van der Waals surface area contributed by atoms with Gasteiger partial charge in [0.2, 0.25) is 5.91 Å². The van der Waals surface area contributed by atoms with Crippen molar-refractivity contribution < 1.29 is 19.1 Å². The Bertz CT molecular complexity index is 1460. The van der Waals surface area contributed by atoms with E-state index in [9.17, 15) is 19.2 Å². The van der Waals surface area contributed by atoms with Crippen LogP contribution in [0.3, 0.4) is 0 Å². The van der Waals surface area contributed by atoms with Gasteiger partial charge in [-0.05, 0) is 67.2 Å². The van der Waals surface area contributed by atoms with Crippen LogP contribution in [0.1, 0.15) is 56.4 Å². The number of alkyl carbamates (subject to hydrolysis) is 1. The molecule has 41 heavy (non-hydrogen) atoms. The van der Waals surface area contributed by atoms with E-state index in [-0.39, 0.29) is 30.1 Å². The van der Waals surface area contributed by atoms with Crippen LogP contribution < -0.4 is 10.9 Å². The number of aromatic amines is 1. The Hall–Kier alpha value is -4.14. The summed E-state index contributed by atoms with van der Waals surface area (Å²) >= 11 is 0. The zero-order valence-corrected chi connectivity index (χ0v) is 24.2. The second-order valence-electron chi connectivity index (χ2n) is 11.1. The molecular formula is C32H40N4O5. The van der Waals surface area contributed by atoms with Crippen molar-refractivity contribution in [3.8, 4) is 0 Å². The van der Waals surface area contributed by atoms with E-state index in [4.69, 9.17) is 4.74 Å². The molecule has 0 saturated carbocycles. The Labute approximate surface area is 240 Å². The average molecular weight is 561 g/mol. The fourth-order valence-electron chi connectivity index (χ4n) is 5.32. The van der Waals surface area contributed by atoms with Gasteiger partial charge in [-0.1, -0.05) is 44.2 Å². The number of hydrogen-bond acceptors (Lipinski definition) is 5. The van der Waals surface area contributed by atoms with E-state index in [0.717, 1.165) is 48.9 Å². The predicted octanol–water partition coefficient (Wildman–Crippen LogP) is 4.37. The number of rotatable bonds is 12. The molecule has 3 heterocycles. The smallest absolute Gasteiger partial charge is 0.407 e. The molecule has 0 spiro atoms. The zero-order valence-electron chi connectivity index (χ0n) is 24.2. The number of pyridine rings is 1. The Balaban J connectivity index is 1.44. The van der Waals surface area contributed by atoms with Gasteiger partial charge in [-0.3, -0.25) is 14.4 Å². The van der Waals surface area contributed by atoms with Crippen molar-refractivity contribution >= 4 is 28.7 Å². The number of fused-ring (bicyclic) bond motifs is 1. The number of methoxy groups -OCH3 is 1. The molecule has 9 nitrogen and oxygen atoms in total. The summed E-state index contributed by atoms with van der Waals surface area (Å²) in [5, 5.41) is 3.69. The van der Waals surface area contributed by atoms with Crippen molar-refractivity contribution in [2.24, 2.45) is 5.92 Å². The highest BCUT2D eigenvalue weighted by atomic mass is 16.5. The molecule has 218 valence electrons. The summed E-state index contributed by atoms with van der Waals surface area (Å²) < 4.78 is 6.29. The molecule has 0 aliphatic carbocycles. The van der Waals surface area contributed by atoms with Gasteiger partial charge in [-0.15, -0.1) is 0 Å². The maximum absolute atomic E-state index is 13.3. The number of hydrogen-bond donors (Lipinski definition) is 2. The third-order valence-electron chi connectivity index (χ3n) is 7.40. The summed E-state index contributed by atoms with van der Waals surface area (Å²) in [6.07, 6.45) is 7.80. The van der Waals surface area contributed by atoms with Gasteiger partial charge >= 0.3 is 6.09 Å². The van der Waals surface area contributed by atoms with Crippen LogP contribution in [-0.4, -0.2) is 58.5 Å². The molecule has 1 atom stereocenters. The number of Topliss-reactive ketones (excluding diaryl/α,β-unsaturated/α-hetero) is 1. The number of benzene rings is 1. The minimum absolute atomic E-state index is 0.0396. The van der Waals surface area contributed by atoms with Crippen LogP contribution in [-0.2, 0) is 33.7 Å². The molecule has 2 aromatic heterocycles. The first-order chi connectivity index (χ1) is 19.7. The molecule has 2 N–H and O–H groups in total. The van der Waals surface area contributed by atoms with E-state index in [2.05, 4.69) is 48.4 Å². The maximum atomic E-state index is 13.3. The van der Waals surface area contributed by atoms with Gasteiger partial charge in [0.1, 0.15) is 0 Å². The van der Waals surface area contributed by atoms with Crippen LogP contribution in [0.5, 0.6) is 0 Å². The van der Waals surface area contributed by atoms with Crippen molar-refractivity contribution in [2.45, 2.75) is 65.0 Å². The third kappa shape index (κ3) is 7.96. The summed E-state index contributed by atoms with van der Waals surface area (Å²) in [5.41, 5.74) is 3.33. The summed E-state index contributed by atoms with van der Waals surface area (Å²) in [5.74, 6) is 0.186. The van der Waals surface area contributed by atoms with Gasteiger partial charge in [0.05, 0.1) is 19.7 Å². The number of ketones is 1. The van der Waals surface area contributed by atoms with E-state index in [1.165, 1.54) is 18.7 Å². The number of amides is 2. The first-order valence-corrected chi connectivity index (χ1v) is 14.4. The van der Waals surface area contributed by atoms with Crippen molar-refractivity contribution in [1.29, 1.82) is 0 Å². The van der Waals surface area contributed by atoms with Gasteiger partial charge in [0.25, 0.3) is 5.56 Å². The van der Waals surface area contributed by atoms with E-state index in [1.807, 2.05) is 0 Å². The highest BCUT2D eigenvalue weighted by Gasteiger charge is 2.22.